The van der Waals surface area contributed by atoms with Gasteiger partial charge in [-0.2, -0.15) is 0 Å². The Morgan fingerprint density at radius 3 is 2.27 bits per heavy atom. The van der Waals surface area contributed by atoms with Crippen LogP contribution in [0.3, 0.4) is 0 Å². The van der Waals surface area contributed by atoms with E-state index in [-0.39, 0.29) is 5.41 Å². The smallest absolute Gasteiger partial charge is 0.0514 e. The summed E-state index contributed by atoms with van der Waals surface area (Å²) in [5.41, 5.74) is 4.10. The summed E-state index contributed by atoms with van der Waals surface area (Å²) >= 11 is 0. The fraction of sp³-hybridized carbons (Fsp3) is 0.571. The minimum atomic E-state index is -0.0658. The Bertz CT molecular complexity index is 494. The van der Waals surface area contributed by atoms with Gasteiger partial charge in [0.25, 0.3) is 0 Å². The number of hydrogen-bond donors (Lipinski definition) is 0. The molecule has 0 amide bonds. The molecule has 0 rings (SSSR count). The van der Waals surface area contributed by atoms with Crippen LogP contribution in [-0.4, -0.2) is 12.3 Å². The monoisotopic (exact) mass is 299 g/mol. The Hall–Kier alpha value is -1.55. The number of rotatable bonds is 8. The average Bonchev–Trinajstić information content (AvgIpc) is 2.48. The van der Waals surface area contributed by atoms with E-state index in [2.05, 4.69) is 66.5 Å². The van der Waals surface area contributed by atoms with Gasteiger partial charge in [0.15, 0.2) is 0 Å². The molecule has 0 bridgehead atoms. The van der Waals surface area contributed by atoms with Gasteiger partial charge >= 0.3 is 0 Å². The predicted molar refractivity (Wildman–Crippen MR) is 101 cm³/mol. The van der Waals surface area contributed by atoms with Crippen molar-refractivity contribution in [3.8, 4) is 12.3 Å². The molecule has 1 atom stereocenters. The molecule has 0 aromatic rings. The molecule has 0 aliphatic carbocycles. The van der Waals surface area contributed by atoms with Crippen LogP contribution >= 0.6 is 0 Å². The first-order valence-electron chi connectivity index (χ1n) is 8.32. The summed E-state index contributed by atoms with van der Waals surface area (Å²) in [5.74, 6) is 3.03. The number of terminal acetylenes is 1. The van der Waals surface area contributed by atoms with Crippen molar-refractivity contribution in [1.29, 1.82) is 0 Å². The first-order chi connectivity index (χ1) is 10.3. The van der Waals surface area contributed by atoms with E-state index in [0.717, 1.165) is 19.4 Å². The predicted octanol–water partition coefficient (Wildman–Crippen LogP) is 5.99. The van der Waals surface area contributed by atoms with E-state index in [1.165, 1.54) is 16.9 Å². The Balaban J connectivity index is 5.81. The fourth-order valence-corrected chi connectivity index (χ4v) is 2.85. The molecular weight excluding hydrogens is 266 g/mol. The highest BCUT2D eigenvalue weighted by molar-refractivity contribution is 5.81. The zero-order valence-corrected chi connectivity index (χ0v) is 15.5. The molecular formula is C21H33N. The van der Waals surface area contributed by atoms with Crippen molar-refractivity contribution < 1.29 is 0 Å². The molecule has 0 aromatic heterocycles. The summed E-state index contributed by atoms with van der Waals surface area (Å²) in [4.78, 5) is 4.80. The molecule has 0 aliphatic heterocycles. The maximum Gasteiger partial charge on any atom is 0.0514 e. The Morgan fingerprint density at radius 1 is 1.18 bits per heavy atom. The Morgan fingerprint density at radius 2 is 1.82 bits per heavy atom. The summed E-state index contributed by atoms with van der Waals surface area (Å²) in [5, 5.41) is 0. The van der Waals surface area contributed by atoms with Crippen LogP contribution < -0.4 is 0 Å². The van der Waals surface area contributed by atoms with Gasteiger partial charge in [0.05, 0.1) is 6.54 Å². The van der Waals surface area contributed by atoms with E-state index in [1.54, 1.807) is 6.08 Å². The molecule has 0 fully saturated rings. The first kappa shape index (κ1) is 20.5. The van der Waals surface area contributed by atoms with Gasteiger partial charge in [-0.1, -0.05) is 69.9 Å². The Kier molecular flexibility index (Phi) is 9.50. The summed E-state index contributed by atoms with van der Waals surface area (Å²) in [7, 11) is 0. The highest BCUT2D eigenvalue weighted by Crippen LogP contribution is 2.37. The van der Waals surface area contributed by atoms with Crippen LogP contribution in [0.1, 0.15) is 61.3 Å². The van der Waals surface area contributed by atoms with E-state index in [1.807, 2.05) is 6.08 Å². The van der Waals surface area contributed by atoms with Crippen molar-refractivity contribution in [1.82, 2.24) is 0 Å². The second-order valence-electron chi connectivity index (χ2n) is 6.41. The third-order valence-corrected chi connectivity index (χ3v) is 4.14. The van der Waals surface area contributed by atoms with E-state index in [4.69, 9.17) is 11.4 Å². The summed E-state index contributed by atoms with van der Waals surface area (Å²) in [6.07, 6.45) is 15.3. The van der Waals surface area contributed by atoms with Crippen LogP contribution in [-0.2, 0) is 0 Å². The average molecular weight is 300 g/mol. The molecule has 22 heavy (non-hydrogen) atoms. The second-order valence-corrected chi connectivity index (χ2v) is 6.41. The molecule has 0 N–H and O–H groups in total. The molecule has 0 radical (unpaired) electrons. The van der Waals surface area contributed by atoms with Crippen molar-refractivity contribution in [2.45, 2.75) is 61.3 Å². The maximum absolute atomic E-state index is 5.27. The van der Waals surface area contributed by atoms with E-state index in [0.29, 0.717) is 5.92 Å². The molecule has 1 heteroatoms. The highest BCUT2D eigenvalue weighted by Gasteiger charge is 2.29. The quantitative estimate of drug-likeness (QED) is 0.226. The molecule has 122 valence electrons. The van der Waals surface area contributed by atoms with Crippen molar-refractivity contribution in [3.63, 3.8) is 0 Å². The van der Waals surface area contributed by atoms with Gasteiger partial charge < -0.3 is 0 Å². The number of aliphatic imine (C=N–C) groups is 1. The summed E-state index contributed by atoms with van der Waals surface area (Å²) in [6.45, 7) is 16.3. The van der Waals surface area contributed by atoms with Gasteiger partial charge in [0.1, 0.15) is 0 Å². The lowest BCUT2D eigenvalue weighted by Gasteiger charge is -2.33. The van der Waals surface area contributed by atoms with Gasteiger partial charge in [-0.3, -0.25) is 4.99 Å². The van der Waals surface area contributed by atoms with Gasteiger partial charge in [0.2, 0.25) is 0 Å². The molecule has 0 aromatic carbocycles. The Labute approximate surface area is 138 Å². The fourth-order valence-electron chi connectivity index (χ4n) is 2.85. The van der Waals surface area contributed by atoms with Crippen LogP contribution in [0.25, 0.3) is 0 Å². The number of hydrogen-bond acceptors (Lipinski definition) is 1. The van der Waals surface area contributed by atoms with E-state index >= 15 is 0 Å². The van der Waals surface area contributed by atoms with Crippen LogP contribution in [0.15, 0.2) is 40.4 Å². The number of allylic oxidation sites excluding steroid dienone is 4. The van der Waals surface area contributed by atoms with Crippen LogP contribution in [0.4, 0.5) is 0 Å². The van der Waals surface area contributed by atoms with Gasteiger partial charge in [-0.15, -0.1) is 6.42 Å². The molecule has 1 nitrogen and oxygen atoms in total. The second kappa shape index (κ2) is 10.2. The van der Waals surface area contributed by atoms with Crippen LogP contribution in [0.5, 0.6) is 0 Å². The van der Waals surface area contributed by atoms with E-state index in [9.17, 15) is 0 Å². The summed E-state index contributed by atoms with van der Waals surface area (Å²) < 4.78 is 0. The first-order valence-corrected chi connectivity index (χ1v) is 8.32. The van der Waals surface area contributed by atoms with Crippen molar-refractivity contribution in [3.05, 3.63) is 35.5 Å². The maximum atomic E-state index is 5.27. The highest BCUT2D eigenvalue weighted by atomic mass is 14.8. The largest absolute Gasteiger partial charge is 0.293 e. The van der Waals surface area contributed by atoms with Crippen LogP contribution in [0, 0.1) is 23.7 Å². The van der Waals surface area contributed by atoms with E-state index < -0.39 is 0 Å². The molecule has 0 aliphatic rings. The van der Waals surface area contributed by atoms with Crippen LogP contribution in [0.2, 0.25) is 0 Å². The molecule has 0 saturated carbocycles. The number of nitrogens with zero attached hydrogens (tertiary/aromatic N) is 1. The standard InChI is InChI=1S/C21H33N/c1-9-12-13-14-15-21(8,16-22-19(7)11-3)20(17(4)5)18(6)10-2/h1,12-15,17H,10-11,16H2,2-8H3/b13-12-,15-14+,20-18+,22-19+. The lowest BCUT2D eigenvalue weighted by Crippen LogP contribution is -2.25. The lowest BCUT2D eigenvalue weighted by atomic mass is 9.73. The van der Waals surface area contributed by atoms with Crippen molar-refractivity contribution >= 4 is 5.71 Å². The molecule has 0 heterocycles. The lowest BCUT2D eigenvalue weighted by molar-refractivity contribution is 0.462. The topological polar surface area (TPSA) is 12.4 Å². The van der Waals surface area contributed by atoms with Crippen molar-refractivity contribution in [2.75, 3.05) is 6.54 Å². The minimum absolute atomic E-state index is 0.0658. The van der Waals surface area contributed by atoms with Gasteiger partial charge in [0, 0.05) is 11.1 Å². The zero-order valence-electron chi connectivity index (χ0n) is 15.5. The molecule has 0 spiro atoms. The van der Waals surface area contributed by atoms with Gasteiger partial charge in [-0.25, -0.2) is 0 Å². The third kappa shape index (κ3) is 6.48. The summed E-state index contributed by atoms with van der Waals surface area (Å²) in [6, 6.07) is 0. The molecule has 0 saturated heterocycles. The van der Waals surface area contributed by atoms with Gasteiger partial charge in [-0.05, 0) is 38.7 Å². The third-order valence-electron chi connectivity index (χ3n) is 4.14. The minimum Gasteiger partial charge on any atom is -0.293 e. The molecule has 1 unspecified atom stereocenters. The zero-order chi connectivity index (χ0) is 17.2. The van der Waals surface area contributed by atoms with Crippen molar-refractivity contribution in [2.24, 2.45) is 16.3 Å². The SMILES string of the molecule is C#C/C=C\C=C\C(C)(C/N=C(\C)CC)/C(=C(\C)CC)C(C)C. The normalized spacial score (nSPS) is 17.0.